The summed E-state index contributed by atoms with van der Waals surface area (Å²) in [5.74, 6) is 0.710. The van der Waals surface area contributed by atoms with Crippen molar-refractivity contribution in [1.29, 1.82) is 0 Å². The molecule has 29 heavy (non-hydrogen) atoms. The summed E-state index contributed by atoms with van der Waals surface area (Å²) in [7, 11) is 1.70. The minimum Gasteiger partial charge on any atom is -0.465 e. The highest BCUT2D eigenvalue weighted by atomic mass is 16.5. The van der Waals surface area contributed by atoms with E-state index in [-0.39, 0.29) is 23.0 Å². The molecular formula is C22H39N3O4. The average molecular weight is 410 g/mol. The van der Waals surface area contributed by atoms with E-state index in [0.717, 1.165) is 45.2 Å². The second-order valence-electron chi connectivity index (χ2n) is 9.98. The van der Waals surface area contributed by atoms with Crippen LogP contribution in [-0.4, -0.2) is 89.3 Å². The van der Waals surface area contributed by atoms with Gasteiger partial charge in [0.15, 0.2) is 0 Å². The van der Waals surface area contributed by atoms with E-state index in [1.165, 1.54) is 0 Å². The fraction of sp³-hybridized carbons (Fsp3) is 0.909. The Morgan fingerprint density at radius 1 is 1.24 bits per heavy atom. The Kier molecular flexibility index (Phi) is 6.49. The van der Waals surface area contributed by atoms with E-state index in [4.69, 9.17) is 4.74 Å². The number of rotatable bonds is 6. The molecular weight excluding hydrogens is 370 g/mol. The number of carbonyl (C=O) groups is 2. The topological polar surface area (TPSA) is 73.3 Å². The average Bonchev–Trinajstić information content (AvgIpc) is 3.12. The maximum Gasteiger partial charge on any atom is 0.407 e. The summed E-state index contributed by atoms with van der Waals surface area (Å²) >= 11 is 0. The Labute approximate surface area is 175 Å². The number of nitrogens with zero attached hydrogens (tertiary/aromatic N) is 3. The molecule has 1 N–H and O–H groups in total. The normalized spacial score (nSPS) is 31.1. The van der Waals surface area contributed by atoms with Crippen molar-refractivity contribution in [1.82, 2.24) is 14.7 Å². The van der Waals surface area contributed by atoms with Gasteiger partial charge in [-0.25, -0.2) is 4.79 Å². The van der Waals surface area contributed by atoms with Crippen molar-refractivity contribution >= 4 is 12.0 Å². The van der Waals surface area contributed by atoms with Crippen LogP contribution in [0.3, 0.4) is 0 Å². The zero-order valence-corrected chi connectivity index (χ0v) is 18.8. The number of ether oxygens (including phenoxy) is 1. The van der Waals surface area contributed by atoms with Crippen LogP contribution in [0.15, 0.2) is 0 Å². The molecule has 0 bridgehead atoms. The third-order valence-corrected chi connectivity index (χ3v) is 7.88. The number of amides is 2. The summed E-state index contributed by atoms with van der Waals surface area (Å²) in [6.45, 7) is 12.0. The fourth-order valence-corrected chi connectivity index (χ4v) is 6.08. The summed E-state index contributed by atoms with van der Waals surface area (Å²) in [4.78, 5) is 29.9. The van der Waals surface area contributed by atoms with Crippen LogP contribution in [0.2, 0.25) is 0 Å². The molecule has 166 valence electrons. The van der Waals surface area contributed by atoms with Gasteiger partial charge in [-0.3, -0.25) is 9.69 Å². The Bertz CT molecular complexity index is 617. The first-order valence-electron chi connectivity index (χ1n) is 11.2. The van der Waals surface area contributed by atoms with Gasteiger partial charge in [-0.2, -0.15) is 0 Å². The molecule has 1 saturated carbocycles. The molecule has 3 unspecified atom stereocenters. The van der Waals surface area contributed by atoms with E-state index in [9.17, 15) is 14.7 Å². The predicted octanol–water partition coefficient (Wildman–Crippen LogP) is 2.89. The maximum atomic E-state index is 12.3. The lowest BCUT2D eigenvalue weighted by Gasteiger charge is -2.58. The first-order chi connectivity index (χ1) is 13.6. The summed E-state index contributed by atoms with van der Waals surface area (Å²) in [5, 5.41) is 9.34. The fourth-order valence-electron chi connectivity index (χ4n) is 6.08. The molecule has 1 aliphatic carbocycles. The van der Waals surface area contributed by atoms with Gasteiger partial charge in [-0.1, -0.05) is 13.3 Å². The van der Waals surface area contributed by atoms with E-state index in [1.807, 2.05) is 18.7 Å². The van der Waals surface area contributed by atoms with Gasteiger partial charge in [0.25, 0.3) is 0 Å². The van der Waals surface area contributed by atoms with Crippen molar-refractivity contribution < 1.29 is 19.4 Å². The van der Waals surface area contributed by atoms with Crippen LogP contribution in [0, 0.1) is 11.3 Å². The van der Waals surface area contributed by atoms with Crippen LogP contribution in [0.25, 0.3) is 0 Å². The van der Waals surface area contributed by atoms with Crippen LogP contribution >= 0.6 is 0 Å². The van der Waals surface area contributed by atoms with E-state index in [0.29, 0.717) is 31.6 Å². The zero-order chi connectivity index (χ0) is 21.4. The first-order valence-corrected chi connectivity index (χ1v) is 11.2. The smallest absolute Gasteiger partial charge is 0.407 e. The molecule has 0 aromatic rings. The number of hydrogen-bond donors (Lipinski definition) is 1. The molecule has 7 nitrogen and oxygen atoms in total. The van der Waals surface area contributed by atoms with Crippen molar-refractivity contribution in [3.63, 3.8) is 0 Å². The number of likely N-dealkylation sites (tertiary alicyclic amines) is 2. The van der Waals surface area contributed by atoms with E-state index >= 15 is 0 Å². The molecule has 2 saturated heterocycles. The van der Waals surface area contributed by atoms with Gasteiger partial charge >= 0.3 is 6.09 Å². The van der Waals surface area contributed by atoms with Crippen LogP contribution in [0.5, 0.6) is 0 Å². The summed E-state index contributed by atoms with van der Waals surface area (Å²) in [6.07, 6.45) is 4.47. The highest BCUT2D eigenvalue weighted by Crippen LogP contribution is 2.56. The van der Waals surface area contributed by atoms with Crippen LogP contribution in [0.1, 0.15) is 59.8 Å². The number of carbonyl (C=O) groups excluding carboxylic acids is 1. The molecule has 2 aliphatic heterocycles. The molecule has 3 aliphatic rings. The predicted molar refractivity (Wildman–Crippen MR) is 112 cm³/mol. The number of hydrogen-bond acceptors (Lipinski definition) is 4. The van der Waals surface area contributed by atoms with Gasteiger partial charge in [0, 0.05) is 58.8 Å². The van der Waals surface area contributed by atoms with Crippen molar-refractivity contribution in [2.45, 2.75) is 77.5 Å². The Morgan fingerprint density at radius 3 is 2.38 bits per heavy atom. The summed E-state index contributed by atoms with van der Waals surface area (Å²) in [6, 6.07) is 0.845. The summed E-state index contributed by atoms with van der Waals surface area (Å²) in [5.41, 5.74) is -0.141. The second-order valence-corrected chi connectivity index (χ2v) is 9.98. The van der Waals surface area contributed by atoms with Gasteiger partial charge in [0.05, 0.1) is 5.60 Å². The second kappa shape index (κ2) is 8.42. The van der Waals surface area contributed by atoms with Crippen molar-refractivity contribution in [2.24, 2.45) is 11.3 Å². The van der Waals surface area contributed by atoms with Gasteiger partial charge < -0.3 is 19.6 Å². The molecule has 3 rings (SSSR count). The lowest BCUT2D eigenvalue weighted by Crippen LogP contribution is -2.62. The molecule has 0 aromatic heterocycles. The monoisotopic (exact) mass is 409 g/mol. The molecule has 2 amide bonds. The largest absolute Gasteiger partial charge is 0.465 e. The van der Waals surface area contributed by atoms with Gasteiger partial charge in [-0.05, 0) is 50.9 Å². The molecule has 0 radical (unpaired) electrons. The number of methoxy groups -OCH3 is 1. The molecule has 3 atom stereocenters. The van der Waals surface area contributed by atoms with Crippen molar-refractivity contribution in [3.05, 3.63) is 0 Å². The van der Waals surface area contributed by atoms with Gasteiger partial charge in [0.1, 0.15) is 0 Å². The quantitative estimate of drug-likeness (QED) is 0.730. The molecule has 0 aromatic carbocycles. The van der Waals surface area contributed by atoms with Crippen LogP contribution in [-0.2, 0) is 9.53 Å². The van der Waals surface area contributed by atoms with E-state index < -0.39 is 6.09 Å². The van der Waals surface area contributed by atoms with Crippen LogP contribution in [0.4, 0.5) is 4.79 Å². The Hall–Kier alpha value is -1.34. The molecule has 7 heteroatoms. The minimum atomic E-state index is -0.774. The highest BCUT2D eigenvalue weighted by molar-refractivity contribution is 5.73. The third kappa shape index (κ3) is 4.41. The Balaban J connectivity index is 1.57. The first kappa shape index (κ1) is 22.3. The molecule has 2 heterocycles. The molecule has 1 spiro atoms. The maximum absolute atomic E-state index is 12.3. The van der Waals surface area contributed by atoms with E-state index in [1.54, 1.807) is 18.9 Å². The van der Waals surface area contributed by atoms with Gasteiger partial charge in [0.2, 0.25) is 5.91 Å². The van der Waals surface area contributed by atoms with E-state index in [2.05, 4.69) is 11.8 Å². The van der Waals surface area contributed by atoms with Crippen molar-refractivity contribution in [2.75, 3.05) is 39.8 Å². The lowest BCUT2D eigenvalue weighted by molar-refractivity contribution is -0.138. The minimum absolute atomic E-state index is 0.127. The SMILES string of the molecule is CCC1C(N2CCC(N(CC(C)(C)OC)C(C)=O)CC2)CC12CCN(C(=O)O)C2. The number of carboxylic acid groups (broad SMARTS) is 1. The van der Waals surface area contributed by atoms with Gasteiger partial charge in [-0.15, -0.1) is 0 Å². The van der Waals surface area contributed by atoms with Crippen molar-refractivity contribution in [3.8, 4) is 0 Å². The standard InChI is InChI=1S/C22H39N3O4/c1-6-18-19(13-22(18)9-12-24(15-22)20(27)28)23-10-7-17(8-11-23)25(16(2)26)14-21(3,4)29-5/h17-19H,6-15H2,1-5H3,(H,27,28). The highest BCUT2D eigenvalue weighted by Gasteiger charge is 2.58. The summed E-state index contributed by atoms with van der Waals surface area (Å²) < 4.78 is 5.55. The Morgan fingerprint density at radius 2 is 1.90 bits per heavy atom. The molecule has 3 fully saturated rings. The third-order valence-electron chi connectivity index (χ3n) is 7.88. The zero-order valence-electron chi connectivity index (χ0n) is 18.8. The number of piperidine rings is 1. The lowest BCUT2D eigenvalue weighted by atomic mass is 9.54. The van der Waals surface area contributed by atoms with Crippen LogP contribution < -0.4 is 0 Å².